The average molecular weight is 339 g/mol. The number of aromatic nitrogens is 1. The van der Waals surface area contributed by atoms with Crippen LogP contribution in [0.15, 0.2) is 48.8 Å². The summed E-state index contributed by atoms with van der Waals surface area (Å²) >= 11 is 0. The van der Waals surface area contributed by atoms with Crippen LogP contribution >= 0.6 is 0 Å². The molecular weight excluding hydrogens is 314 g/mol. The van der Waals surface area contributed by atoms with Gasteiger partial charge in [-0.2, -0.15) is 0 Å². The molecular formula is C20H25N3O2. The first kappa shape index (κ1) is 17.4. The fourth-order valence-corrected chi connectivity index (χ4v) is 3.33. The topological polar surface area (TPSA) is 45.7 Å². The Morgan fingerprint density at radius 2 is 2.08 bits per heavy atom. The Kier molecular flexibility index (Phi) is 5.66. The zero-order valence-electron chi connectivity index (χ0n) is 14.9. The summed E-state index contributed by atoms with van der Waals surface area (Å²) in [5.74, 6) is 1.08. The molecule has 2 aromatic rings. The lowest BCUT2D eigenvalue weighted by Gasteiger charge is -2.40. The molecule has 1 aliphatic heterocycles. The summed E-state index contributed by atoms with van der Waals surface area (Å²) in [4.78, 5) is 21.0. The summed E-state index contributed by atoms with van der Waals surface area (Å²) in [5.41, 5.74) is 2.24. The van der Waals surface area contributed by atoms with Gasteiger partial charge in [-0.15, -0.1) is 0 Å². The van der Waals surface area contributed by atoms with E-state index in [2.05, 4.69) is 23.0 Å². The minimum atomic E-state index is 0.159. The van der Waals surface area contributed by atoms with Crippen LogP contribution in [0.3, 0.4) is 0 Å². The van der Waals surface area contributed by atoms with E-state index in [-0.39, 0.29) is 11.9 Å². The second-order valence-electron chi connectivity index (χ2n) is 6.44. The number of rotatable bonds is 5. The Morgan fingerprint density at radius 3 is 2.84 bits per heavy atom. The number of pyridine rings is 1. The van der Waals surface area contributed by atoms with Gasteiger partial charge in [0, 0.05) is 44.0 Å². The summed E-state index contributed by atoms with van der Waals surface area (Å²) in [5, 5.41) is 0. The minimum absolute atomic E-state index is 0.159. The van der Waals surface area contributed by atoms with Crippen molar-refractivity contribution in [1.29, 1.82) is 0 Å². The summed E-state index contributed by atoms with van der Waals surface area (Å²) in [6.07, 6.45) is 4.84. The van der Waals surface area contributed by atoms with Gasteiger partial charge >= 0.3 is 0 Å². The highest BCUT2D eigenvalue weighted by Gasteiger charge is 2.29. The predicted octanol–water partition coefficient (Wildman–Crippen LogP) is 2.54. The number of carbonyl (C=O) groups is 1. The maximum atomic E-state index is 12.7. The van der Waals surface area contributed by atoms with E-state index in [9.17, 15) is 4.79 Å². The van der Waals surface area contributed by atoms with Crippen LogP contribution in [-0.2, 0) is 11.2 Å². The molecule has 0 unspecified atom stereocenters. The maximum Gasteiger partial charge on any atom is 0.223 e. The van der Waals surface area contributed by atoms with E-state index in [1.54, 1.807) is 13.3 Å². The Labute approximate surface area is 149 Å². The molecule has 0 bridgehead atoms. The molecule has 132 valence electrons. The molecule has 0 radical (unpaired) electrons. The minimum Gasteiger partial charge on any atom is -0.496 e. The molecule has 5 heteroatoms. The van der Waals surface area contributed by atoms with Gasteiger partial charge in [0.2, 0.25) is 5.91 Å². The fourth-order valence-electron chi connectivity index (χ4n) is 3.33. The van der Waals surface area contributed by atoms with Crippen molar-refractivity contribution in [3.8, 4) is 5.75 Å². The van der Waals surface area contributed by atoms with Crippen molar-refractivity contribution < 1.29 is 9.53 Å². The highest BCUT2D eigenvalue weighted by Crippen LogP contribution is 2.31. The fraction of sp³-hybridized carbons (Fsp3) is 0.400. The van der Waals surface area contributed by atoms with E-state index in [4.69, 9.17) is 4.74 Å². The summed E-state index contributed by atoms with van der Waals surface area (Å²) in [7, 11) is 3.80. The SMILES string of the molecule is COc1ccccc1[C@H]1CN(C(=O)CCc2cccnc2)CCN1C. The number of hydrogen-bond donors (Lipinski definition) is 0. The van der Waals surface area contributed by atoms with Gasteiger partial charge in [0.25, 0.3) is 0 Å². The van der Waals surface area contributed by atoms with Crippen LogP contribution in [0, 0.1) is 0 Å². The highest BCUT2D eigenvalue weighted by molar-refractivity contribution is 5.76. The molecule has 2 heterocycles. The Balaban J connectivity index is 1.66. The molecule has 0 spiro atoms. The molecule has 5 nitrogen and oxygen atoms in total. The van der Waals surface area contributed by atoms with Crippen molar-refractivity contribution in [3.05, 3.63) is 59.9 Å². The number of aryl methyl sites for hydroxylation is 1. The zero-order valence-corrected chi connectivity index (χ0v) is 14.9. The number of para-hydroxylation sites is 1. The monoisotopic (exact) mass is 339 g/mol. The highest BCUT2D eigenvalue weighted by atomic mass is 16.5. The molecule has 0 aliphatic carbocycles. The lowest BCUT2D eigenvalue weighted by atomic mass is 10.0. The van der Waals surface area contributed by atoms with E-state index in [1.165, 1.54) is 0 Å². The number of likely N-dealkylation sites (N-methyl/N-ethyl adjacent to an activating group) is 1. The third-order valence-electron chi connectivity index (χ3n) is 4.85. The first-order chi connectivity index (χ1) is 12.2. The Bertz CT molecular complexity index is 705. The predicted molar refractivity (Wildman–Crippen MR) is 97.5 cm³/mol. The van der Waals surface area contributed by atoms with Crippen LogP contribution in [0.2, 0.25) is 0 Å². The third-order valence-corrected chi connectivity index (χ3v) is 4.85. The van der Waals surface area contributed by atoms with Crippen LogP contribution in [0.25, 0.3) is 0 Å². The number of ether oxygens (including phenoxy) is 1. The van der Waals surface area contributed by atoms with Gasteiger partial charge < -0.3 is 9.64 Å². The molecule has 1 aromatic carbocycles. The number of nitrogens with zero attached hydrogens (tertiary/aromatic N) is 3. The molecule has 1 amide bonds. The van der Waals surface area contributed by atoms with E-state index in [1.807, 2.05) is 41.4 Å². The number of amides is 1. The van der Waals surface area contributed by atoms with E-state index in [0.29, 0.717) is 13.0 Å². The van der Waals surface area contributed by atoms with Crippen molar-refractivity contribution in [3.63, 3.8) is 0 Å². The molecule has 1 fully saturated rings. The number of benzene rings is 1. The summed E-state index contributed by atoms with van der Waals surface area (Å²) in [6.45, 7) is 2.33. The molecule has 0 N–H and O–H groups in total. The second-order valence-corrected chi connectivity index (χ2v) is 6.44. The molecule has 1 atom stereocenters. The summed E-state index contributed by atoms with van der Waals surface area (Å²) < 4.78 is 5.51. The zero-order chi connectivity index (χ0) is 17.6. The maximum absolute atomic E-state index is 12.7. The van der Waals surface area contributed by atoms with Gasteiger partial charge in [0.15, 0.2) is 0 Å². The van der Waals surface area contributed by atoms with E-state index in [0.717, 1.165) is 36.4 Å². The Morgan fingerprint density at radius 1 is 1.24 bits per heavy atom. The van der Waals surface area contributed by atoms with Crippen molar-refractivity contribution >= 4 is 5.91 Å². The molecule has 3 rings (SSSR count). The first-order valence-corrected chi connectivity index (χ1v) is 8.69. The first-order valence-electron chi connectivity index (χ1n) is 8.69. The van der Waals surface area contributed by atoms with Crippen LogP contribution in [-0.4, -0.2) is 54.5 Å². The molecule has 1 saturated heterocycles. The molecule has 1 aliphatic rings. The van der Waals surface area contributed by atoms with Gasteiger partial charge in [0.1, 0.15) is 5.75 Å². The largest absolute Gasteiger partial charge is 0.496 e. The Hall–Kier alpha value is -2.40. The lowest BCUT2D eigenvalue weighted by Crippen LogP contribution is -2.49. The standard InChI is InChI=1S/C20H25N3O2/c1-22-12-13-23(20(24)10-9-16-6-5-11-21-14-16)15-18(22)17-7-3-4-8-19(17)25-2/h3-8,11,14,18H,9-10,12-13,15H2,1-2H3/t18-/m1/s1. The molecule has 25 heavy (non-hydrogen) atoms. The number of carbonyl (C=O) groups excluding carboxylic acids is 1. The number of hydrogen-bond acceptors (Lipinski definition) is 4. The van der Waals surface area contributed by atoms with Gasteiger partial charge in [-0.3, -0.25) is 14.7 Å². The van der Waals surface area contributed by atoms with E-state index < -0.39 is 0 Å². The van der Waals surface area contributed by atoms with Crippen LogP contribution in [0.5, 0.6) is 5.75 Å². The lowest BCUT2D eigenvalue weighted by molar-refractivity contribution is -0.134. The number of piperazine rings is 1. The van der Waals surface area contributed by atoms with Crippen LogP contribution < -0.4 is 4.74 Å². The van der Waals surface area contributed by atoms with Crippen molar-refractivity contribution in [2.75, 3.05) is 33.8 Å². The summed E-state index contributed by atoms with van der Waals surface area (Å²) in [6, 6.07) is 12.1. The van der Waals surface area contributed by atoms with Gasteiger partial charge in [-0.05, 0) is 31.2 Å². The van der Waals surface area contributed by atoms with Crippen LogP contribution in [0.1, 0.15) is 23.6 Å². The third kappa shape index (κ3) is 4.17. The van der Waals surface area contributed by atoms with E-state index >= 15 is 0 Å². The number of methoxy groups -OCH3 is 1. The van der Waals surface area contributed by atoms with Crippen molar-refractivity contribution in [1.82, 2.24) is 14.8 Å². The van der Waals surface area contributed by atoms with Gasteiger partial charge in [-0.25, -0.2) is 0 Å². The van der Waals surface area contributed by atoms with Crippen molar-refractivity contribution in [2.45, 2.75) is 18.9 Å². The quantitative estimate of drug-likeness (QED) is 0.840. The van der Waals surface area contributed by atoms with Gasteiger partial charge in [0.05, 0.1) is 13.2 Å². The van der Waals surface area contributed by atoms with Crippen molar-refractivity contribution in [2.24, 2.45) is 0 Å². The smallest absolute Gasteiger partial charge is 0.223 e. The van der Waals surface area contributed by atoms with Gasteiger partial charge in [-0.1, -0.05) is 24.3 Å². The second kappa shape index (κ2) is 8.12. The normalized spacial score (nSPS) is 18.2. The molecule has 1 aromatic heterocycles. The van der Waals surface area contributed by atoms with Crippen LogP contribution in [0.4, 0.5) is 0 Å². The average Bonchev–Trinajstić information content (AvgIpc) is 2.67. The molecule has 0 saturated carbocycles.